The summed E-state index contributed by atoms with van der Waals surface area (Å²) in [7, 11) is 2.22. The van der Waals surface area contributed by atoms with E-state index in [2.05, 4.69) is 49.0 Å². The number of likely N-dealkylation sites (N-methyl/N-ethyl adjacent to an activating group) is 1. The Labute approximate surface area is 131 Å². The van der Waals surface area contributed by atoms with Crippen LogP contribution in [0.3, 0.4) is 0 Å². The fraction of sp³-hybridized carbons (Fsp3) is 0.889. The first kappa shape index (κ1) is 17.0. The van der Waals surface area contributed by atoms with Gasteiger partial charge in [0.05, 0.1) is 0 Å². The standard InChI is InChI=1S/C18H35N3/c1-15-6-5-7-16(2)18(15)14-19-17(3)8-9-21-12-10-20(4)11-13-21/h6,16-19H,5,7-14H2,1-4H3/t16-,17-,18+/m0/s1. The average molecular weight is 293 g/mol. The Morgan fingerprint density at radius 2 is 2.00 bits per heavy atom. The van der Waals surface area contributed by atoms with E-state index in [9.17, 15) is 0 Å². The highest BCUT2D eigenvalue weighted by Gasteiger charge is 2.22. The summed E-state index contributed by atoms with van der Waals surface area (Å²) in [5.41, 5.74) is 1.60. The first-order chi connectivity index (χ1) is 10.1. The lowest BCUT2D eigenvalue weighted by molar-refractivity contribution is 0.149. The third-order valence-corrected chi connectivity index (χ3v) is 5.52. The molecule has 2 rings (SSSR count). The minimum absolute atomic E-state index is 0.631. The van der Waals surface area contributed by atoms with Gasteiger partial charge in [-0.3, -0.25) is 0 Å². The van der Waals surface area contributed by atoms with Gasteiger partial charge >= 0.3 is 0 Å². The van der Waals surface area contributed by atoms with E-state index in [1.807, 2.05) is 0 Å². The van der Waals surface area contributed by atoms with Crippen LogP contribution in [0.1, 0.15) is 40.0 Å². The van der Waals surface area contributed by atoms with Gasteiger partial charge in [0.2, 0.25) is 0 Å². The monoisotopic (exact) mass is 293 g/mol. The maximum Gasteiger partial charge on any atom is 0.0110 e. The molecule has 3 atom stereocenters. The van der Waals surface area contributed by atoms with Crippen molar-refractivity contribution in [2.45, 2.75) is 46.1 Å². The molecule has 0 unspecified atom stereocenters. The number of rotatable bonds is 6. The van der Waals surface area contributed by atoms with E-state index in [4.69, 9.17) is 0 Å². The predicted octanol–water partition coefficient (Wildman–Crippen LogP) is 2.59. The van der Waals surface area contributed by atoms with E-state index < -0.39 is 0 Å². The number of hydrogen-bond donors (Lipinski definition) is 1. The van der Waals surface area contributed by atoms with Crippen molar-refractivity contribution in [1.29, 1.82) is 0 Å². The number of nitrogens with zero attached hydrogens (tertiary/aromatic N) is 2. The molecule has 122 valence electrons. The van der Waals surface area contributed by atoms with Gasteiger partial charge in [0, 0.05) is 38.8 Å². The molecule has 1 fully saturated rings. The van der Waals surface area contributed by atoms with Gasteiger partial charge in [-0.1, -0.05) is 18.6 Å². The topological polar surface area (TPSA) is 18.5 Å². The highest BCUT2D eigenvalue weighted by Crippen LogP contribution is 2.29. The Hall–Kier alpha value is -0.380. The zero-order chi connectivity index (χ0) is 15.2. The van der Waals surface area contributed by atoms with Crippen LogP contribution in [0, 0.1) is 11.8 Å². The summed E-state index contributed by atoms with van der Waals surface area (Å²) in [6.45, 7) is 14.4. The molecule has 3 nitrogen and oxygen atoms in total. The Morgan fingerprint density at radius 1 is 1.29 bits per heavy atom. The maximum absolute atomic E-state index is 3.78. The van der Waals surface area contributed by atoms with Gasteiger partial charge in [-0.15, -0.1) is 0 Å². The molecule has 3 heteroatoms. The van der Waals surface area contributed by atoms with Gasteiger partial charge < -0.3 is 15.1 Å². The molecule has 0 aromatic carbocycles. The maximum atomic E-state index is 3.78. The van der Waals surface area contributed by atoms with Crippen molar-refractivity contribution >= 4 is 0 Å². The van der Waals surface area contributed by atoms with Gasteiger partial charge in [0.25, 0.3) is 0 Å². The summed E-state index contributed by atoms with van der Waals surface area (Å²) in [5.74, 6) is 1.59. The molecule has 1 heterocycles. The smallest absolute Gasteiger partial charge is 0.0110 e. The summed E-state index contributed by atoms with van der Waals surface area (Å²) in [6.07, 6.45) is 6.36. The van der Waals surface area contributed by atoms with E-state index in [-0.39, 0.29) is 0 Å². The van der Waals surface area contributed by atoms with Crippen molar-refractivity contribution in [3.05, 3.63) is 11.6 Å². The third-order valence-electron chi connectivity index (χ3n) is 5.52. The van der Waals surface area contributed by atoms with E-state index in [1.165, 1.54) is 52.0 Å². The van der Waals surface area contributed by atoms with E-state index in [1.54, 1.807) is 5.57 Å². The molecule has 0 amide bonds. The molecule has 1 aliphatic carbocycles. The van der Waals surface area contributed by atoms with E-state index >= 15 is 0 Å². The molecule has 0 aromatic heterocycles. The number of allylic oxidation sites excluding steroid dienone is 1. The zero-order valence-electron chi connectivity index (χ0n) is 14.6. The molecule has 1 N–H and O–H groups in total. The largest absolute Gasteiger partial charge is 0.314 e. The normalized spacial score (nSPS) is 30.2. The second-order valence-corrected chi connectivity index (χ2v) is 7.35. The van der Waals surface area contributed by atoms with Gasteiger partial charge in [0.1, 0.15) is 0 Å². The van der Waals surface area contributed by atoms with Crippen LogP contribution in [0.2, 0.25) is 0 Å². The molecule has 0 spiro atoms. The van der Waals surface area contributed by atoms with Gasteiger partial charge in [-0.05, 0) is 58.5 Å². The van der Waals surface area contributed by atoms with Gasteiger partial charge in [0.15, 0.2) is 0 Å². The number of piperazine rings is 1. The fourth-order valence-corrected chi connectivity index (χ4v) is 3.62. The molecule has 2 aliphatic rings. The minimum atomic E-state index is 0.631. The fourth-order valence-electron chi connectivity index (χ4n) is 3.62. The predicted molar refractivity (Wildman–Crippen MR) is 91.7 cm³/mol. The van der Waals surface area contributed by atoms with Gasteiger partial charge in [-0.2, -0.15) is 0 Å². The van der Waals surface area contributed by atoms with Crippen LogP contribution in [0.5, 0.6) is 0 Å². The molecule has 1 saturated heterocycles. The molecular weight excluding hydrogens is 258 g/mol. The Balaban J connectivity index is 1.64. The highest BCUT2D eigenvalue weighted by atomic mass is 15.2. The lowest BCUT2D eigenvalue weighted by atomic mass is 9.80. The van der Waals surface area contributed by atoms with Crippen LogP contribution in [0.15, 0.2) is 11.6 Å². The molecule has 21 heavy (non-hydrogen) atoms. The lowest BCUT2D eigenvalue weighted by Gasteiger charge is -2.33. The SMILES string of the molecule is CC1=CCC[C@H](C)[C@@H]1CN[C@@H](C)CCN1CCN(C)CC1. The van der Waals surface area contributed by atoms with Crippen LogP contribution in [-0.4, -0.2) is 62.2 Å². The van der Waals surface area contributed by atoms with Crippen LogP contribution in [0.4, 0.5) is 0 Å². The van der Waals surface area contributed by atoms with Crippen LogP contribution in [-0.2, 0) is 0 Å². The van der Waals surface area contributed by atoms with Crippen molar-refractivity contribution in [2.24, 2.45) is 11.8 Å². The van der Waals surface area contributed by atoms with Crippen molar-refractivity contribution in [3.8, 4) is 0 Å². The quantitative estimate of drug-likeness (QED) is 0.760. The van der Waals surface area contributed by atoms with Crippen LogP contribution in [0.25, 0.3) is 0 Å². The lowest BCUT2D eigenvalue weighted by Crippen LogP contribution is -2.46. The summed E-state index contributed by atoms with van der Waals surface area (Å²) in [6, 6.07) is 0.631. The first-order valence-electron chi connectivity index (χ1n) is 8.87. The van der Waals surface area contributed by atoms with Crippen LogP contribution >= 0.6 is 0 Å². The Bertz CT molecular complexity index is 331. The highest BCUT2D eigenvalue weighted by molar-refractivity contribution is 5.09. The van der Waals surface area contributed by atoms with E-state index in [0.29, 0.717) is 6.04 Å². The van der Waals surface area contributed by atoms with Crippen molar-refractivity contribution in [2.75, 3.05) is 46.3 Å². The Kier molecular flexibility index (Phi) is 6.72. The summed E-state index contributed by atoms with van der Waals surface area (Å²) < 4.78 is 0. The minimum Gasteiger partial charge on any atom is -0.314 e. The summed E-state index contributed by atoms with van der Waals surface area (Å²) in [4.78, 5) is 5.05. The second kappa shape index (κ2) is 8.30. The molecule has 0 saturated carbocycles. The number of hydrogen-bond acceptors (Lipinski definition) is 3. The van der Waals surface area contributed by atoms with E-state index in [0.717, 1.165) is 18.4 Å². The number of nitrogens with one attached hydrogen (secondary N) is 1. The molecule has 0 radical (unpaired) electrons. The third kappa shape index (κ3) is 5.39. The first-order valence-corrected chi connectivity index (χ1v) is 8.87. The molecular formula is C18H35N3. The molecule has 1 aliphatic heterocycles. The van der Waals surface area contributed by atoms with Crippen molar-refractivity contribution in [3.63, 3.8) is 0 Å². The second-order valence-electron chi connectivity index (χ2n) is 7.35. The Morgan fingerprint density at radius 3 is 2.67 bits per heavy atom. The molecule has 0 aromatic rings. The van der Waals surface area contributed by atoms with Crippen molar-refractivity contribution in [1.82, 2.24) is 15.1 Å². The molecule has 0 bridgehead atoms. The summed E-state index contributed by atoms with van der Waals surface area (Å²) in [5, 5.41) is 3.78. The average Bonchev–Trinajstić information content (AvgIpc) is 2.46. The van der Waals surface area contributed by atoms with Crippen molar-refractivity contribution < 1.29 is 0 Å². The van der Waals surface area contributed by atoms with Gasteiger partial charge in [-0.25, -0.2) is 0 Å². The summed E-state index contributed by atoms with van der Waals surface area (Å²) >= 11 is 0. The van der Waals surface area contributed by atoms with Crippen LogP contribution < -0.4 is 5.32 Å². The zero-order valence-corrected chi connectivity index (χ0v) is 14.6.